The van der Waals surface area contributed by atoms with Crippen LogP contribution in [0.1, 0.15) is 12.0 Å². The highest BCUT2D eigenvalue weighted by atomic mass is 35.5. The summed E-state index contributed by atoms with van der Waals surface area (Å²) < 4.78 is 0. The van der Waals surface area contributed by atoms with Crippen molar-refractivity contribution in [3.05, 3.63) is 28.8 Å². The molecular formula is C12H16ClN3O. The average Bonchev–Trinajstić information content (AvgIpc) is 2.54. The largest absolute Gasteiger partial charge is 0.368 e. The predicted molar refractivity (Wildman–Crippen MR) is 69.2 cm³/mol. The third kappa shape index (κ3) is 2.70. The van der Waals surface area contributed by atoms with Crippen molar-refractivity contribution in [3.8, 4) is 0 Å². The maximum atomic E-state index is 11.3. The molecule has 0 atom stereocenters. The summed E-state index contributed by atoms with van der Waals surface area (Å²) in [6.45, 7) is 2.55. The second-order valence-electron chi connectivity index (χ2n) is 4.04. The third-order valence-electron chi connectivity index (χ3n) is 2.92. The quantitative estimate of drug-likeness (QED) is 0.831. The summed E-state index contributed by atoms with van der Waals surface area (Å²) in [5, 5.41) is 3.54. The molecule has 1 aliphatic heterocycles. The van der Waals surface area contributed by atoms with Crippen LogP contribution in [-0.2, 0) is 11.3 Å². The molecule has 0 radical (unpaired) electrons. The summed E-state index contributed by atoms with van der Waals surface area (Å²) in [5.74, 6) is 0.0915. The zero-order valence-corrected chi connectivity index (χ0v) is 10.3. The van der Waals surface area contributed by atoms with E-state index in [0.29, 0.717) is 31.1 Å². The van der Waals surface area contributed by atoms with Crippen molar-refractivity contribution in [3.63, 3.8) is 0 Å². The van der Waals surface area contributed by atoms with E-state index in [1.165, 1.54) is 0 Å². The van der Waals surface area contributed by atoms with Crippen molar-refractivity contribution >= 4 is 23.2 Å². The molecule has 1 heterocycles. The molecule has 1 saturated heterocycles. The molecule has 92 valence electrons. The van der Waals surface area contributed by atoms with Gasteiger partial charge in [-0.2, -0.15) is 0 Å². The van der Waals surface area contributed by atoms with Gasteiger partial charge in [-0.3, -0.25) is 4.79 Å². The van der Waals surface area contributed by atoms with Crippen molar-refractivity contribution in [2.45, 2.75) is 13.0 Å². The standard InChI is InChI=1S/C12H16ClN3O/c13-10-3-1-2-9(8-14)12(10)16-6-4-11(17)15-5-7-16/h1-3H,4-8,14H2,(H,15,17). The van der Waals surface area contributed by atoms with E-state index in [2.05, 4.69) is 10.2 Å². The van der Waals surface area contributed by atoms with E-state index < -0.39 is 0 Å². The van der Waals surface area contributed by atoms with Gasteiger partial charge in [0.25, 0.3) is 0 Å². The third-order valence-corrected chi connectivity index (χ3v) is 3.22. The van der Waals surface area contributed by atoms with E-state index in [1.54, 1.807) is 0 Å². The Morgan fingerprint density at radius 1 is 1.41 bits per heavy atom. The van der Waals surface area contributed by atoms with E-state index in [0.717, 1.165) is 17.8 Å². The number of para-hydroxylation sites is 1. The fourth-order valence-corrected chi connectivity index (χ4v) is 2.38. The first kappa shape index (κ1) is 12.2. The normalized spacial score (nSPS) is 16.6. The monoisotopic (exact) mass is 253 g/mol. The van der Waals surface area contributed by atoms with Crippen LogP contribution in [0.5, 0.6) is 0 Å². The molecule has 1 aromatic carbocycles. The van der Waals surface area contributed by atoms with Crippen LogP contribution in [0.2, 0.25) is 5.02 Å². The number of nitrogens with zero attached hydrogens (tertiary/aromatic N) is 1. The molecule has 4 nitrogen and oxygen atoms in total. The van der Waals surface area contributed by atoms with Crippen molar-refractivity contribution in [1.29, 1.82) is 0 Å². The van der Waals surface area contributed by atoms with Gasteiger partial charge in [-0.25, -0.2) is 0 Å². The molecule has 3 N–H and O–H groups in total. The summed E-state index contributed by atoms with van der Waals surface area (Å²) >= 11 is 6.23. The van der Waals surface area contributed by atoms with Crippen LogP contribution in [0, 0.1) is 0 Å². The fourth-order valence-electron chi connectivity index (χ4n) is 2.07. The van der Waals surface area contributed by atoms with Crippen LogP contribution in [0.25, 0.3) is 0 Å². The number of anilines is 1. The van der Waals surface area contributed by atoms with Crippen LogP contribution >= 0.6 is 11.6 Å². The van der Waals surface area contributed by atoms with Crippen molar-refractivity contribution < 1.29 is 4.79 Å². The van der Waals surface area contributed by atoms with Gasteiger partial charge in [0, 0.05) is 32.6 Å². The summed E-state index contributed by atoms with van der Waals surface area (Å²) in [6.07, 6.45) is 0.495. The molecule has 0 bridgehead atoms. The van der Waals surface area contributed by atoms with Gasteiger partial charge in [-0.15, -0.1) is 0 Å². The van der Waals surface area contributed by atoms with E-state index in [-0.39, 0.29) is 5.91 Å². The van der Waals surface area contributed by atoms with E-state index in [9.17, 15) is 4.79 Å². The Labute approximate surface area is 106 Å². The number of hydrogen-bond acceptors (Lipinski definition) is 3. The molecule has 17 heavy (non-hydrogen) atoms. The SMILES string of the molecule is NCc1cccc(Cl)c1N1CCNC(=O)CC1. The Kier molecular flexibility index (Phi) is 3.86. The second-order valence-corrected chi connectivity index (χ2v) is 4.45. The highest BCUT2D eigenvalue weighted by Crippen LogP contribution is 2.30. The summed E-state index contributed by atoms with van der Waals surface area (Å²) in [5.41, 5.74) is 7.71. The van der Waals surface area contributed by atoms with Gasteiger partial charge in [0.15, 0.2) is 0 Å². The molecule has 0 saturated carbocycles. The molecule has 1 aliphatic rings. The van der Waals surface area contributed by atoms with Crippen molar-refractivity contribution in [1.82, 2.24) is 5.32 Å². The van der Waals surface area contributed by atoms with Gasteiger partial charge in [0.2, 0.25) is 5.91 Å². The average molecular weight is 254 g/mol. The number of nitrogens with two attached hydrogens (primary N) is 1. The lowest BCUT2D eigenvalue weighted by Crippen LogP contribution is -2.29. The van der Waals surface area contributed by atoms with Crippen LogP contribution < -0.4 is 16.0 Å². The minimum Gasteiger partial charge on any atom is -0.368 e. The second kappa shape index (κ2) is 5.38. The summed E-state index contributed by atoms with van der Waals surface area (Å²) in [6, 6.07) is 5.73. The van der Waals surface area contributed by atoms with Gasteiger partial charge >= 0.3 is 0 Å². The van der Waals surface area contributed by atoms with Gasteiger partial charge in [0.1, 0.15) is 0 Å². The molecule has 0 spiro atoms. The number of hydrogen-bond donors (Lipinski definition) is 2. The molecule has 5 heteroatoms. The highest BCUT2D eigenvalue weighted by molar-refractivity contribution is 6.33. The van der Waals surface area contributed by atoms with Crippen LogP contribution in [0.15, 0.2) is 18.2 Å². The number of carbonyl (C=O) groups is 1. The van der Waals surface area contributed by atoms with Gasteiger partial charge < -0.3 is 16.0 Å². The van der Waals surface area contributed by atoms with E-state index >= 15 is 0 Å². The fraction of sp³-hybridized carbons (Fsp3) is 0.417. The molecule has 0 aliphatic carbocycles. The molecule has 2 rings (SSSR count). The van der Waals surface area contributed by atoms with E-state index in [4.69, 9.17) is 17.3 Å². The molecule has 0 aromatic heterocycles. The Balaban J connectivity index is 2.29. The maximum absolute atomic E-state index is 11.3. The molecule has 1 aromatic rings. The molecule has 0 unspecified atom stereocenters. The lowest BCUT2D eigenvalue weighted by molar-refractivity contribution is -0.120. The number of halogens is 1. The lowest BCUT2D eigenvalue weighted by Gasteiger charge is -2.25. The number of carbonyl (C=O) groups excluding carboxylic acids is 1. The highest BCUT2D eigenvalue weighted by Gasteiger charge is 2.18. The van der Waals surface area contributed by atoms with Crippen molar-refractivity contribution in [2.75, 3.05) is 24.5 Å². The summed E-state index contributed by atoms with van der Waals surface area (Å²) in [4.78, 5) is 13.4. The van der Waals surface area contributed by atoms with E-state index in [1.807, 2.05) is 18.2 Å². The van der Waals surface area contributed by atoms with Gasteiger partial charge in [0.05, 0.1) is 10.7 Å². The first-order valence-electron chi connectivity index (χ1n) is 5.71. The zero-order chi connectivity index (χ0) is 12.3. The van der Waals surface area contributed by atoms with Gasteiger partial charge in [-0.05, 0) is 11.6 Å². The Bertz CT molecular complexity index is 422. The number of nitrogens with one attached hydrogen (secondary N) is 1. The summed E-state index contributed by atoms with van der Waals surface area (Å²) in [7, 11) is 0. The minimum atomic E-state index is 0.0915. The topological polar surface area (TPSA) is 58.4 Å². The Hall–Kier alpha value is -1.26. The Morgan fingerprint density at radius 2 is 2.24 bits per heavy atom. The Morgan fingerprint density at radius 3 is 3.00 bits per heavy atom. The minimum absolute atomic E-state index is 0.0915. The van der Waals surface area contributed by atoms with Crippen LogP contribution in [0.3, 0.4) is 0 Å². The maximum Gasteiger partial charge on any atom is 0.221 e. The number of amides is 1. The van der Waals surface area contributed by atoms with Crippen molar-refractivity contribution in [2.24, 2.45) is 5.73 Å². The lowest BCUT2D eigenvalue weighted by atomic mass is 10.1. The molecular weight excluding hydrogens is 238 g/mol. The smallest absolute Gasteiger partial charge is 0.221 e. The molecule has 1 fully saturated rings. The zero-order valence-electron chi connectivity index (χ0n) is 9.58. The van der Waals surface area contributed by atoms with Crippen LogP contribution in [-0.4, -0.2) is 25.5 Å². The van der Waals surface area contributed by atoms with Crippen LogP contribution in [0.4, 0.5) is 5.69 Å². The number of benzene rings is 1. The first-order valence-corrected chi connectivity index (χ1v) is 6.09. The predicted octanol–water partition coefficient (Wildman–Crippen LogP) is 1.12. The van der Waals surface area contributed by atoms with Gasteiger partial charge in [-0.1, -0.05) is 23.7 Å². The first-order chi connectivity index (χ1) is 8.22. The molecule has 1 amide bonds. The number of rotatable bonds is 2.